The molecule has 0 atom stereocenters. The van der Waals surface area contributed by atoms with Crippen LogP contribution in [0.3, 0.4) is 0 Å². The molecule has 10 heavy (non-hydrogen) atoms. The highest BCUT2D eigenvalue weighted by Crippen LogP contribution is 2.15. The Labute approximate surface area is 60.2 Å². The molecule has 1 aliphatic carbocycles. The molecular formula is C8H9NO. The van der Waals surface area contributed by atoms with Crippen molar-refractivity contribution in [3.63, 3.8) is 0 Å². The fraction of sp³-hybridized carbons (Fsp3) is 0.500. The van der Waals surface area contributed by atoms with Crippen molar-refractivity contribution in [1.82, 2.24) is 0 Å². The fourth-order valence-electron chi connectivity index (χ4n) is 1.07. The van der Waals surface area contributed by atoms with Crippen molar-refractivity contribution in [2.24, 2.45) is 0 Å². The van der Waals surface area contributed by atoms with Crippen LogP contribution in [0.15, 0.2) is 11.6 Å². The summed E-state index contributed by atoms with van der Waals surface area (Å²) < 4.78 is 0. The zero-order chi connectivity index (χ0) is 7.40. The number of nitriles is 1. The van der Waals surface area contributed by atoms with Gasteiger partial charge in [0.05, 0.1) is 12.5 Å². The third-order valence-corrected chi connectivity index (χ3v) is 1.63. The van der Waals surface area contributed by atoms with Crippen molar-refractivity contribution in [1.29, 1.82) is 5.26 Å². The van der Waals surface area contributed by atoms with E-state index in [0.717, 1.165) is 12.8 Å². The van der Waals surface area contributed by atoms with E-state index >= 15 is 0 Å². The van der Waals surface area contributed by atoms with Gasteiger partial charge in [0.1, 0.15) is 0 Å². The predicted octanol–water partition coefficient (Wildman–Crippen LogP) is 1.58. The van der Waals surface area contributed by atoms with Crippen LogP contribution < -0.4 is 0 Å². The summed E-state index contributed by atoms with van der Waals surface area (Å²) in [4.78, 5) is 11.0. The van der Waals surface area contributed by atoms with Crippen molar-refractivity contribution in [2.45, 2.75) is 25.7 Å². The third kappa shape index (κ3) is 1.44. The number of Topliss-reactive ketones (excluding diaryl/α,β-unsaturated/α-hetero) is 1. The molecule has 0 saturated carbocycles. The highest BCUT2D eigenvalue weighted by molar-refractivity contribution is 5.96. The lowest BCUT2D eigenvalue weighted by molar-refractivity contribution is -0.116. The van der Waals surface area contributed by atoms with E-state index in [-0.39, 0.29) is 5.78 Å². The van der Waals surface area contributed by atoms with Gasteiger partial charge in [0.2, 0.25) is 0 Å². The average molecular weight is 135 g/mol. The molecule has 0 saturated heterocycles. The Morgan fingerprint density at radius 1 is 1.70 bits per heavy atom. The summed E-state index contributed by atoms with van der Waals surface area (Å²) in [7, 11) is 0. The Morgan fingerprint density at radius 2 is 2.50 bits per heavy atom. The molecule has 0 N–H and O–H groups in total. The van der Waals surface area contributed by atoms with Crippen LogP contribution in [0.25, 0.3) is 0 Å². The summed E-state index contributed by atoms with van der Waals surface area (Å²) in [5.74, 6) is 0.160. The van der Waals surface area contributed by atoms with Gasteiger partial charge in [0.25, 0.3) is 0 Å². The van der Waals surface area contributed by atoms with Crippen LogP contribution in [0.1, 0.15) is 25.7 Å². The number of hydrogen-bond donors (Lipinski definition) is 0. The first-order valence-corrected chi connectivity index (χ1v) is 3.44. The second-order valence-electron chi connectivity index (χ2n) is 2.38. The molecule has 2 heteroatoms. The van der Waals surface area contributed by atoms with Crippen molar-refractivity contribution in [3.05, 3.63) is 11.6 Å². The smallest absolute Gasteiger partial charge is 0.159 e. The van der Waals surface area contributed by atoms with Crippen molar-refractivity contribution < 1.29 is 4.79 Å². The molecule has 0 aromatic rings. The van der Waals surface area contributed by atoms with Gasteiger partial charge in [-0.15, -0.1) is 0 Å². The van der Waals surface area contributed by atoms with Crippen molar-refractivity contribution in [3.8, 4) is 6.07 Å². The SMILES string of the molecule is N#CCC1=CCCCC1=O. The normalized spacial score (nSPS) is 17.9. The molecule has 0 aromatic carbocycles. The molecule has 1 aliphatic rings. The first-order chi connectivity index (χ1) is 4.84. The quantitative estimate of drug-likeness (QED) is 0.547. The zero-order valence-electron chi connectivity index (χ0n) is 5.76. The topological polar surface area (TPSA) is 40.9 Å². The van der Waals surface area contributed by atoms with E-state index in [0.29, 0.717) is 18.4 Å². The van der Waals surface area contributed by atoms with Gasteiger partial charge in [-0.25, -0.2) is 0 Å². The third-order valence-electron chi connectivity index (χ3n) is 1.63. The second kappa shape index (κ2) is 3.17. The van der Waals surface area contributed by atoms with Crippen molar-refractivity contribution in [2.75, 3.05) is 0 Å². The molecule has 2 nitrogen and oxygen atoms in total. The van der Waals surface area contributed by atoms with Gasteiger partial charge in [-0.3, -0.25) is 4.79 Å². The summed E-state index contributed by atoms with van der Waals surface area (Å²) in [5.41, 5.74) is 0.716. The Morgan fingerprint density at radius 3 is 3.10 bits per heavy atom. The van der Waals surface area contributed by atoms with Gasteiger partial charge in [0.15, 0.2) is 5.78 Å². The predicted molar refractivity (Wildman–Crippen MR) is 37.2 cm³/mol. The number of nitrogens with zero attached hydrogens (tertiary/aromatic N) is 1. The lowest BCUT2D eigenvalue weighted by Gasteiger charge is -2.06. The van der Waals surface area contributed by atoms with Crippen LogP contribution in [-0.4, -0.2) is 5.78 Å². The second-order valence-corrected chi connectivity index (χ2v) is 2.38. The van der Waals surface area contributed by atoms with E-state index < -0.39 is 0 Å². The van der Waals surface area contributed by atoms with Crippen LogP contribution in [0.4, 0.5) is 0 Å². The average Bonchev–Trinajstić information content (AvgIpc) is 1.94. The van der Waals surface area contributed by atoms with Crippen LogP contribution in [0, 0.1) is 11.3 Å². The molecule has 0 unspecified atom stereocenters. The lowest BCUT2D eigenvalue weighted by Crippen LogP contribution is -2.05. The first kappa shape index (κ1) is 7.01. The molecule has 0 amide bonds. The summed E-state index contributed by atoms with van der Waals surface area (Å²) in [6, 6.07) is 1.98. The Hall–Kier alpha value is -1.10. The molecule has 52 valence electrons. The summed E-state index contributed by atoms with van der Waals surface area (Å²) >= 11 is 0. The zero-order valence-corrected chi connectivity index (χ0v) is 5.76. The van der Waals surface area contributed by atoms with Crippen LogP contribution in [-0.2, 0) is 4.79 Å². The molecule has 0 bridgehead atoms. The van der Waals surface area contributed by atoms with E-state index in [1.54, 1.807) is 0 Å². The largest absolute Gasteiger partial charge is 0.295 e. The van der Waals surface area contributed by atoms with E-state index in [2.05, 4.69) is 0 Å². The number of carbonyl (C=O) groups is 1. The molecule has 0 aliphatic heterocycles. The maximum absolute atomic E-state index is 11.0. The highest BCUT2D eigenvalue weighted by atomic mass is 16.1. The Balaban J connectivity index is 2.64. The molecule has 0 aromatic heterocycles. The van der Waals surface area contributed by atoms with Gasteiger partial charge < -0.3 is 0 Å². The summed E-state index contributed by atoms with van der Waals surface area (Å²) in [6.45, 7) is 0. The lowest BCUT2D eigenvalue weighted by atomic mass is 9.96. The van der Waals surface area contributed by atoms with E-state index in [1.165, 1.54) is 0 Å². The molecule has 0 radical (unpaired) electrons. The number of ketones is 1. The molecule has 0 spiro atoms. The van der Waals surface area contributed by atoms with Crippen LogP contribution in [0.2, 0.25) is 0 Å². The fourth-order valence-corrected chi connectivity index (χ4v) is 1.07. The minimum Gasteiger partial charge on any atom is -0.295 e. The van der Waals surface area contributed by atoms with Crippen molar-refractivity contribution >= 4 is 5.78 Å². The van der Waals surface area contributed by atoms with E-state index in [1.807, 2.05) is 12.1 Å². The number of allylic oxidation sites excluding steroid dienone is 2. The monoisotopic (exact) mass is 135 g/mol. The molecular weight excluding hydrogens is 126 g/mol. The Bertz CT molecular complexity index is 210. The number of carbonyl (C=O) groups excluding carboxylic acids is 1. The van der Waals surface area contributed by atoms with Gasteiger partial charge in [-0.1, -0.05) is 6.08 Å². The van der Waals surface area contributed by atoms with Gasteiger partial charge in [-0.05, 0) is 12.8 Å². The van der Waals surface area contributed by atoms with Crippen LogP contribution >= 0.6 is 0 Å². The maximum atomic E-state index is 11.0. The number of rotatable bonds is 1. The highest BCUT2D eigenvalue weighted by Gasteiger charge is 2.11. The molecule has 0 fully saturated rings. The minimum atomic E-state index is 0.160. The molecule has 0 heterocycles. The minimum absolute atomic E-state index is 0.160. The van der Waals surface area contributed by atoms with E-state index in [4.69, 9.17) is 5.26 Å². The maximum Gasteiger partial charge on any atom is 0.159 e. The standard InChI is InChI=1S/C8H9NO/c9-6-5-7-3-1-2-4-8(7)10/h3H,1-2,4-5H2. The van der Waals surface area contributed by atoms with Gasteiger partial charge in [-0.2, -0.15) is 5.26 Å². The molecule has 1 rings (SSSR count). The summed E-state index contributed by atoms with van der Waals surface area (Å²) in [6.07, 6.45) is 4.72. The van der Waals surface area contributed by atoms with Gasteiger partial charge in [0, 0.05) is 12.0 Å². The Kier molecular flexibility index (Phi) is 2.22. The first-order valence-electron chi connectivity index (χ1n) is 3.44. The summed E-state index contributed by atoms with van der Waals surface area (Å²) in [5, 5.41) is 8.29. The van der Waals surface area contributed by atoms with Crippen LogP contribution in [0.5, 0.6) is 0 Å². The number of hydrogen-bond acceptors (Lipinski definition) is 2. The van der Waals surface area contributed by atoms with E-state index in [9.17, 15) is 4.79 Å². The van der Waals surface area contributed by atoms with Gasteiger partial charge >= 0.3 is 0 Å².